The Kier molecular flexibility index (Phi) is 7.01. The predicted molar refractivity (Wildman–Crippen MR) is 150 cm³/mol. The summed E-state index contributed by atoms with van der Waals surface area (Å²) in [6.45, 7) is 17.2. The molecule has 0 heterocycles. The average Bonchev–Trinajstić information content (AvgIpc) is 3.24. The molecule has 0 bridgehead atoms. The third-order valence-corrected chi connectivity index (χ3v) is 9.09. The second kappa shape index (κ2) is 9.52. The van der Waals surface area contributed by atoms with E-state index >= 15 is 0 Å². The van der Waals surface area contributed by atoms with Crippen molar-refractivity contribution in [2.75, 3.05) is 0 Å². The Hall–Kier alpha value is -2.08. The number of unbranched alkanes of at least 4 members (excludes halogenated alkanes) is 5. The van der Waals surface area contributed by atoms with Gasteiger partial charge in [0.15, 0.2) is 0 Å². The van der Waals surface area contributed by atoms with Crippen LogP contribution in [0.15, 0.2) is 59.7 Å². The molecular weight excluding hydrogens is 408 g/mol. The summed E-state index contributed by atoms with van der Waals surface area (Å²) in [5.74, 6) is 0.530. The second-order valence-corrected chi connectivity index (χ2v) is 12.2. The van der Waals surface area contributed by atoms with Crippen molar-refractivity contribution in [2.45, 2.75) is 104 Å². The van der Waals surface area contributed by atoms with Gasteiger partial charge >= 0.3 is 0 Å². The Balaban J connectivity index is 1.82. The van der Waals surface area contributed by atoms with E-state index in [1.807, 2.05) is 0 Å². The van der Waals surface area contributed by atoms with Gasteiger partial charge in [-0.05, 0) is 45.7 Å². The molecule has 0 atom stereocenters. The summed E-state index contributed by atoms with van der Waals surface area (Å²) in [7, 11) is 0. The summed E-state index contributed by atoms with van der Waals surface area (Å²) in [5, 5.41) is 0. The van der Waals surface area contributed by atoms with Crippen LogP contribution in [-0.2, 0) is 10.8 Å². The molecule has 0 saturated heterocycles. The van der Waals surface area contributed by atoms with Crippen molar-refractivity contribution in [2.24, 2.45) is 11.3 Å². The van der Waals surface area contributed by atoms with Gasteiger partial charge in [-0.2, -0.15) is 0 Å². The van der Waals surface area contributed by atoms with Crippen molar-refractivity contribution in [3.8, 4) is 0 Å². The number of allylic oxidation sites excluding steroid dienone is 2. The number of hydrogen-bond acceptors (Lipinski definition) is 0. The Labute approximate surface area is 209 Å². The summed E-state index contributed by atoms with van der Waals surface area (Å²) in [4.78, 5) is 0. The molecule has 2 aliphatic rings. The predicted octanol–water partition coefficient (Wildman–Crippen LogP) is 10.1. The Bertz CT molecular complexity index is 999. The zero-order chi connectivity index (χ0) is 24.6. The first kappa shape index (κ1) is 25.0. The molecule has 0 fully saturated rings. The van der Waals surface area contributed by atoms with Crippen LogP contribution in [-0.4, -0.2) is 0 Å². The molecule has 2 aromatic rings. The smallest absolute Gasteiger partial charge is 0.0167 e. The molecule has 4 rings (SSSR count). The highest BCUT2D eigenvalue weighted by molar-refractivity contribution is 5.77. The fraction of sp³-hybridized carbons (Fsp3) is 0.529. The number of benzene rings is 2. The normalized spacial score (nSPS) is 18.0. The van der Waals surface area contributed by atoms with E-state index in [4.69, 9.17) is 0 Å². The van der Waals surface area contributed by atoms with Gasteiger partial charge in [-0.25, -0.2) is 0 Å². The van der Waals surface area contributed by atoms with E-state index in [-0.39, 0.29) is 16.2 Å². The summed E-state index contributed by atoms with van der Waals surface area (Å²) in [5.41, 5.74) is 9.22. The summed E-state index contributed by atoms with van der Waals surface area (Å²) < 4.78 is 0. The summed E-state index contributed by atoms with van der Waals surface area (Å²) in [6, 6.07) is 18.2. The van der Waals surface area contributed by atoms with Crippen LogP contribution in [0, 0.1) is 11.3 Å². The molecule has 2 aromatic carbocycles. The molecule has 0 saturated carbocycles. The van der Waals surface area contributed by atoms with E-state index in [0.29, 0.717) is 5.92 Å². The largest absolute Gasteiger partial charge is 0.0654 e. The number of hydrogen-bond donors (Lipinski definition) is 0. The lowest BCUT2D eigenvalue weighted by atomic mass is 9.53. The highest BCUT2D eigenvalue weighted by Crippen LogP contribution is 2.63. The van der Waals surface area contributed by atoms with E-state index in [2.05, 4.69) is 109 Å². The van der Waals surface area contributed by atoms with E-state index < -0.39 is 0 Å². The van der Waals surface area contributed by atoms with Crippen molar-refractivity contribution >= 4 is 12.2 Å². The van der Waals surface area contributed by atoms with Crippen LogP contribution in [0.4, 0.5) is 0 Å². The van der Waals surface area contributed by atoms with Crippen molar-refractivity contribution in [3.63, 3.8) is 0 Å². The highest BCUT2D eigenvalue weighted by atomic mass is 14.6. The van der Waals surface area contributed by atoms with Gasteiger partial charge < -0.3 is 0 Å². The minimum atomic E-state index is 0.0365. The highest BCUT2D eigenvalue weighted by Gasteiger charge is 2.53. The molecule has 0 unspecified atom stereocenters. The number of rotatable bonds is 10. The third-order valence-electron chi connectivity index (χ3n) is 9.09. The second-order valence-electron chi connectivity index (χ2n) is 12.2. The summed E-state index contributed by atoms with van der Waals surface area (Å²) in [6.07, 6.45) is 14.5. The van der Waals surface area contributed by atoms with Crippen LogP contribution in [0.3, 0.4) is 0 Å². The molecule has 0 N–H and O–H groups in total. The molecule has 0 radical (unpaired) electrons. The van der Waals surface area contributed by atoms with Gasteiger partial charge in [-0.15, -0.1) is 0 Å². The first-order valence-corrected chi connectivity index (χ1v) is 13.8. The maximum Gasteiger partial charge on any atom is 0.0167 e. The van der Waals surface area contributed by atoms with E-state index in [9.17, 15) is 0 Å². The van der Waals surface area contributed by atoms with E-state index in [1.165, 1.54) is 67.2 Å². The lowest BCUT2D eigenvalue weighted by molar-refractivity contribution is 0.223. The van der Waals surface area contributed by atoms with Crippen LogP contribution in [0.1, 0.15) is 116 Å². The minimum Gasteiger partial charge on any atom is -0.0654 e. The molecule has 0 aliphatic heterocycles. The van der Waals surface area contributed by atoms with Crippen molar-refractivity contribution in [1.82, 2.24) is 0 Å². The zero-order valence-electron chi connectivity index (χ0n) is 22.8. The molecule has 2 aliphatic carbocycles. The van der Waals surface area contributed by atoms with Crippen LogP contribution in [0.25, 0.3) is 12.2 Å². The van der Waals surface area contributed by atoms with Crippen molar-refractivity contribution in [3.05, 3.63) is 81.9 Å². The van der Waals surface area contributed by atoms with Crippen LogP contribution >= 0.6 is 0 Å². The lowest BCUT2D eigenvalue weighted by Crippen LogP contribution is -2.42. The Morgan fingerprint density at radius 1 is 0.647 bits per heavy atom. The van der Waals surface area contributed by atoms with Crippen LogP contribution < -0.4 is 0 Å². The maximum absolute atomic E-state index is 2.58. The van der Waals surface area contributed by atoms with Gasteiger partial charge in [0.1, 0.15) is 0 Å². The SMILES string of the molecule is CCCCCCCCC(C1=Cc2ccccc2C1(C)C)(C1=Cc2ccccc2C1(C)C)C(C)C. The molecule has 182 valence electrons. The van der Waals surface area contributed by atoms with Gasteiger partial charge in [0.05, 0.1) is 0 Å². The minimum absolute atomic E-state index is 0.0365. The fourth-order valence-electron chi connectivity index (χ4n) is 7.23. The topological polar surface area (TPSA) is 0 Å². The van der Waals surface area contributed by atoms with Gasteiger partial charge in [0, 0.05) is 16.2 Å². The van der Waals surface area contributed by atoms with Gasteiger partial charge in [0.2, 0.25) is 0 Å². The molecule has 0 heteroatoms. The molecule has 0 amide bonds. The molecular formula is C34H46. The molecule has 0 aromatic heterocycles. The first-order valence-electron chi connectivity index (χ1n) is 13.8. The molecule has 0 spiro atoms. The van der Waals surface area contributed by atoms with Crippen molar-refractivity contribution < 1.29 is 0 Å². The quantitative estimate of drug-likeness (QED) is 0.313. The van der Waals surface area contributed by atoms with Crippen molar-refractivity contribution in [1.29, 1.82) is 0 Å². The lowest BCUT2D eigenvalue weighted by Gasteiger charge is -2.50. The van der Waals surface area contributed by atoms with Crippen LogP contribution in [0.5, 0.6) is 0 Å². The maximum atomic E-state index is 2.58. The zero-order valence-corrected chi connectivity index (χ0v) is 22.8. The third kappa shape index (κ3) is 4.02. The van der Waals surface area contributed by atoms with E-state index in [0.717, 1.165) is 0 Å². The van der Waals surface area contributed by atoms with Gasteiger partial charge in [-0.1, -0.05) is 148 Å². The Morgan fingerprint density at radius 3 is 1.53 bits per heavy atom. The summed E-state index contributed by atoms with van der Waals surface area (Å²) >= 11 is 0. The van der Waals surface area contributed by atoms with Crippen LogP contribution in [0.2, 0.25) is 0 Å². The average molecular weight is 455 g/mol. The van der Waals surface area contributed by atoms with E-state index in [1.54, 1.807) is 11.1 Å². The number of fused-ring (bicyclic) bond motifs is 2. The van der Waals surface area contributed by atoms with Gasteiger partial charge in [-0.3, -0.25) is 0 Å². The molecule has 34 heavy (non-hydrogen) atoms. The fourth-order valence-corrected chi connectivity index (χ4v) is 7.23. The van der Waals surface area contributed by atoms with Gasteiger partial charge in [0.25, 0.3) is 0 Å². The standard InChI is InChI=1S/C34H46/c1-8-9-10-11-12-17-22-34(25(2)3,30-23-26-18-13-15-20-28(26)32(30,4)5)31-24-27-19-14-16-21-29(27)33(31,6)7/h13-16,18-21,23-25H,8-12,17,22H2,1-7H3. The molecule has 0 nitrogen and oxygen atoms in total. The first-order chi connectivity index (χ1) is 16.2. The monoisotopic (exact) mass is 454 g/mol. The Morgan fingerprint density at radius 2 is 1.09 bits per heavy atom.